The molecule has 0 aromatic heterocycles. The predicted molar refractivity (Wildman–Crippen MR) is 406 cm³/mol. The summed E-state index contributed by atoms with van der Waals surface area (Å²) in [6, 6.07) is -2.81. The number of carboxylic acid groups (broad SMARTS) is 1. The fourth-order valence-corrected chi connectivity index (χ4v) is 14.1. The maximum Gasteiger partial charge on any atom is 0.303 e. The number of rotatable bonds is 63. The third-order valence-corrected chi connectivity index (χ3v) is 20.6. The summed E-state index contributed by atoms with van der Waals surface area (Å²) in [5.74, 6) is -4.06. The normalized spacial score (nSPS) is 26.3. The number of carboxylic acids is 1. The molecule has 6 saturated heterocycles. The zero-order chi connectivity index (χ0) is 84.4. The number of hydrogen-bond acceptors (Lipinski definition) is 29. The summed E-state index contributed by atoms with van der Waals surface area (Å²) in [5.41, 5.74) is -5.30. The molecule has 6 aliphatic rings. The van der Waals surface area contributed by atoms with Crippen LogP contribution in [0.2, 0.25) is 0 Å². The van der Waals surface area contributed by atoms with Crippen LogP contribution in [-0.4, -0.2) is 335 Å². The van der Waals surface area contributed by atoms with Crippen LogP contribution in [0.1, 0.15) is 181 Å². The van der Waals surface area contributed by atoms with Crippen LogP contribution in [0.3, 0.4) is 0 Å². The van der Waals surface area contributed by atoms with E-state index < -0.39 is 120 Å². The molecule has 0 radical (unpaired) electrons. The lowest BCUT2D eigenvalue weighted by molar-refractivity contribution is -0.237. The lowest BCUT2D eigenvalue weighted by Crippen LogP contribution is -2.66. The third kappa shape index (κ3) is 34.3. The Labute approximate surface area is 676 Å². The molecule has 10 amide bonds. The van der Waals surface area contributed by atoms with Gasteiger partial charge in [0, 0.05) is 131 Å². The van der Waals surface area contributed by atoms with Crippen molar-refractivity contribution in [3.8, 4) is 0 Å². The SMILES string of the molecule is CC(=O)N[C@H]1[C@@H]2OC[C@@](COCCCCC(=O)NCCCNC(=O)CCOCC(COCCC(=O)NCCCNC(=O)CCCCOC[C@@]34CO[C@@H](O3)[C@H](NC(C)=O)[C@@H](O)[C@H]4O)(COCCC(=O)NCCCNC(=O)CCCCOC[C@@]34CO[C@@H](O3)[C@H](NC(C)=O)[C@@H](O)[C@H]4O)NC(=O)CCCCCCCCCCC(=O)O)(O2)[C@H](O)[C@@H]1O. The van der Waals surface area contributed by atoms with E-state index in [4.69, 9.17) is 61.9 Å². The third-order valence-electron chi connectivity index (χ3n) is 20.6. The van der Waals surface area contributed by atoms with Crippen molar-refractivity contribution in [3.63, 3.8) is 0 Å². The quantitative estimate of drug-likeness (QED) is 0.0263. The molecule has 6 rings (SSSR count). The molecule has 6 aliphatic heterocycles. The molecule has 15 atom stereocenters. The van der Waals surface area contributed by atoms with Gasteiger partial charge < -0.3 is 146 Å². The number of hydrogen-bond donors (Lipinski definition) is 17. The highest BCUT2D eigenvalue weighted by Gasteiger charge is 2.62. The molecular weight excluding hydrogens is 1530 g/mol. The summed E-state index contributed by atoms with van der Waals surface area (Å²) in [7, 11) is 0. The van der Waals surface area contributed by atoms with Crippen LogP contribution >= 0.6 is 0 Å². The number of aliphatic hydroxyl groups is 6. The Balaban J connectivity index is 0.913. The van der Waals surface area contributed by atoms with E-state index in [0.717, 1.165) is 38.5 Å². The van der Waals surface area contributed by atoms with Gasteiger partial charge in [0.15, 0.2) is 18.9 Å². The van der Waals surface area contributed by atoms with E-state index in [0.29, 0.717) is 70.6 Å². The highest BCUT2D eigenvalue weighted by atomic mass is 16.8. The maximum absolute atomic E-state index is 13.9. The van der Waals surface area contributed by atoms with Crippen molar-refractivity contribution >= 4 is 65.0 Å². The van der Waals surface area contributed by atoms with Crippen molar-refractivity contribution in [1.82, 2.24) is 53.2 Å². The van der Waals surface area contributed by atoms with E-state index in [-0.39, 0.29) is 231 Å². The maximum atomic E-state index is 13.9. The topological polar surface area (TPSA) is 560 Å². The number of aliphatic hydroxyl groups excluding tert-OH is 6. The van der Waals surface area contributed by atoms with Crippen LogP contribution in [0.15, 0.2) is 0 Å². The van der Waals surface area contributed by atoms with Gasteiger partial charge in [0.05, 0.1) is 79.3 Å². The predicted octanol–water partition coefficient (Wildman–Crippen LogP) is -3.47. The minimum absolute atomic E-state index is 0.0438. The average Bonchev–Trinajstić information content (AvgIpc) is 1.61. The molecule has 0 saturated carbocycles. The number of carbonyl (C=O) groups excluding carboxylic acids is 10. The number of ether oxygens (including phenoxy) is 12. The molecule has 0 aliphatic carbocycles. The second kappa shape index (κ2) is 52.5. The van der Waals surface area contributed by atoms with Crippen molar-refractivity contribution in [1.29, 1.82) is 0 Å². The number of aliphatic carboxylic acids is 1. The minimum atomic E-state index is -1.40. The summed E-state index contributed by atoms with van der Waals surface area (Å²) in [4.78, 5) is 137. The summed E-state index contributed by atoms with van der Waals surface area (Å²) < 4.78 is 69.9. The lowest BCUT2D eigenvalue weighted by atomic mass is 9.88. The monoisotopic (exact) mass is 1660 g/mol. The second-order valence-corrected chi connectivity index (χ2v) is 30.7. The Morgan fingerprint density at radius 1 is 0.328 bits per heavy atom. The summed E-state index contributed by atoms with van der Waals surface area (Å²) in [5, 5.41) is 101. The highest BCUT2D eigenvalue weighted by molar-refractivity contribution is 5.79. The van der Waals surface area contributed by atoms with E-state index in [1.807, 2.05) is 0 Å². The molecule has 0 spiro atoms. The molecule has 6 heterocycles. The zero-order valence-corrected chi connectivity index (χ0v) is 67.5. The van der Waals surface area contributed by atoms with E-state index in [9.17, 15) is 83.4 Å². The first-order chi connectivity index (χ1) is 55.6. The Morgan fingerprint density at radius 2 is 0.586 bits per heavy atom. The Bertz CT molecular complexity index is 2770. The summed E-state index contributed by atoms with van der Waals surface area (Å²) in [6.07, 6.45) is 0.252. The zero-order valence-electron chi connectivity index (χ0n) is 67.5. The van der Waals surface area contributed by atoms with Gasteiger partial charge in [-0.15, -0.1) is 0 Å². The molecule has 6 bridgehead atoms. The van der Waals surface area contributed by atoms with Crippen molar-refractivity contribution in [2.75, 3.05) is 138 Å². The van der Waals surface area contributed by atoms with Gasteiger partial charge in [-0.1, -0.05) is 38.5 Å². The van der Waals surface area contributed by atoms with Gasteiger partial charge in [0.1, 0.15) is 77.1 Å². The molecular formula is C76H130N10O30. The van der Waals surface area contributed by atoms with E-state index in [1.165, 1.54) is 20.8 Å². The highest BCUT2D eigenvalue weighted by Crippen LogP contribution is 2.40. The van der Waals surface area contributed by atoms with Gasteiger partial charge in [-0.3, -0.25) is 52.7 Å². The van der Waals surface area contributed by atoms with Crippen molar-refractivity contribution in [2.24, 2.45) is 0 Å². The lowest BCUT2D eigenvalue weighted by Gasteiger charge is -2.42. The molecule has 0 unspecified atom stereocenters. The van der Waals surface area contributed by atoms with Crippen molar-refractivity contribution in [3.05, 3.63) is 0 Å². The minimum Gasteiger partial charge on any atom is -0.481 e. The van der Waals surface area contributed by atoms with Gasteiger partial charge >= 0.3 is 5.97 Å². The van der Waals surface area contributed by atoms with Crippen LogP contribution < -0.4 is 53.2 Å². The summed E-state index contributed by atoms with van der Waals surface area (Å²) in [6.45, 7) is 4.79. The molecule has 0 aromatic carbocycles. The molecule has 17 N–H and O–H groups in total. The molecule has 0 aromatic rings. The van der Waals surface area contributed by atoms with Crippen molar-refractivity contribution < 1.29 is 145 Å². The largest absolute Gasteiger partial charge is 0.481 e. The number of amides is 10. The molecule has 116 heavy (non-hydrogen) atoms. The van der Waals surface area contributed by atoms with Gasteiger partial charge in [0.25, 0.3) is 0 Å². The first-order valence-electron chi connectivity index (χ1n) is 41.0. The van der Waals surface area contributed by atoms with E-state index in [2.05, 4.69) is 53.2 Å². The molecule has 6 fully saturated rings. The first kappa shape index (κ1) is 98.3. The Kier molecular flexibility index (Phi) is 44.5. The number of nitrogens with one attached hydrogen (secondary N) is 10. The van der Waals surface area contributed by atoms with E-state index >= 15 is 0 Å². The number of carbonyl (C=O) groups is 11. The van der Waals surface area contributed by atoms with Crippen LogP contribution in [0.4, 0.5) is 0 Å². The van der Waals surface area contributed by atoms with Crippen LogP contribution in [-0.2, 0) is 110 Å². The molecule has 40 nitrogen and oxygen atoms in total. The van der Waals surface area contributed by atoms with Crippen LogP contribution in [0.5, 0.6) is 0 Å². The van der Waals surface area contributed by atoms with Gasteiger partial charge in [0.2, 0.25) is 59.1 Å². The van der Waals surface area contributed by atoms with Gasteiger partial charge in [-0.05, 0) is 70.6 Å². The Morgan fingerprint density at radius 3 is 0.871 bits per heavy atom. The average molecular weight is 1660 g/mol. The second-order valence-electron chi connectivity index (χ2n) is 30.7. The standard InChI is InChI=1S/C76H130N10O30/c1-50(87)83-61-64(99)67(102)74(47-111-70(61)114-74)44-105-35-15-12-21-53(90)77-29-18-32-80-56(93)26-38-108-41-73(86-59(96)24-10-8-6-4-5-7-9-11-25-60(97)98,42-109-39-27-57(94)81-33-19-30-78-54(91)22-13-16-36-106-45-75-48-112-71(115-75)62(84-51(2)88)65(100)68(75)103)43-110-40-28-58(95)82-34-20-31-79-55(92)23-14-17-37-107-46-76-49-113-72(116-76)63(85-52(3)89)66(101)69(76)104/h61-72,99-104H,4-49H2,1-3H3,(H,77,90)(H,78,91)(H,79,92)(H,80,93)(H,81,94)(H,82,95)(H,83,87)(H,84,88)(H,85,89)(H,86,96)(H,97,98)/t61-,62-,63-,64-,65-,66-,67-,68-,69-,70-,71+,72+,74-,75+,76+/m1/s1. The van der Waals surface area contributed by atoms with Crippen LogP contribution in [0.25, 0.3) is 0 Å². The first-order valence-corrected chi connectivity index (χ1v) is 41.0. The fourth-order valence-electron chi connectivity index (χ4n) is 14.1. The molecule has 40 heteroatoms. The molecule has 664 valence electrons. The Hall–Kier alpha value is -6.55. The van der Waals surface area contributed by atoms with Gasteiger partial charge in [-0.2, -0.15) is 0 Å². The summed E-state index contributed by atoms with van der Waals surface area (Å²) >= 11 is 0. The van der Waals surface area contributed by atoms with Crippen LogP contribution in [0, 0.1) is 0 Å². The smallest absolute Gasteiger partial charge is 0.303 e. The number of unbranched alkanes of at least 4 members (excludes halogenated alkanes) is 10. The number of fused-ring (bicyclic) bond motifs is 6. The van der Waals surface area contributed by atoms with E-state index in [1.54, 1.807) is 0 Å². The van der Waals surface area contributed by atoms with Crippen molar-refractivity contribution in [2.45, 2.75) is 277 Å². The van der Waals surface area contributed by atoms with Gasteiger partial charge in [-0.25, -0.2) is 0 Å². The fraction of sp³-hybridized carbons (Fsp3) is 0.855.